The van der Waals surface area contributed by atoms with Crippen molar-refractivity contribution in [1.29, 1.82) is 0 Å². The number of anilines is 1. The van der Waals surface area contributed by atoms with E-state index in [0.29, 0.717) is 34.5 Å². The fourth-order valence-corrected chi connectivity index (χ4v) is 6.04. The summed E-state index contributed by atoms with van der Waals surface area (Å²) in [5.74, 6) is -0.296. The number of fused-ring (bicyclic) bond motifs is 1. The van der Waals surface area contributed by atoms with Gasteiger partial charge < -0.3 is 24.6 Å². The molecule has 9 heteroatoms. The maximum atomic E-state index is 13.0. The highest BCUT2D eigenvalue weighted by atomic mass is 16.5. The van der Waals surface area contributed by atoms with Gasteiger partial charge in [0.15, 0.2) is 5.88 Å². The van der Waals surface area contributed by atoms with Crippen LogP contribution in [0.5, 0.6) is 5.88 Å². The summed E-state index contributed by atoms with van der Waals surface area (Å²) >= 11 is 0. The molecule has 9 nitrogen and oxygen atoms in total. The number of hydrogen-bond donors (Lipinski definition) is 2. The quantitative estimate of drug-likeness (QED) is 0.226. The minimum absolute atomic E-state index is 0.0374. The van der Waals surface area contributed by atoms with Crippen molar-refractivity contribution in [3.63, 3.8) is 0 Å². The number of likely N-dealkylation sites (N-methyl/N-ethyl adjacent to an activating group) is 1. The molecule has 2 fully saturated rings. The van der Waals surface area contributed by atoms with Crippen LogP contribution in [0.1, 0.15) is 41.3 Å². The van der Waals surface area contributed by atoms with Gasteiger partial charge in [0.2, 0.25) is 5.91 Å². The Hall–Kier alpha value is -4.47. The number of ether oxygens (including phenoxy) is 1. The molecule has 2 N–H and O–H groups in total. The van der Waals surface area contributed by atoms with Crippen LogP contribution in [0.4, 0.5) is 11.4 Å². The highest BCUT2D eigenvalue weighted by Gasteiger charge is 2.33. The predicted octanol–water partition coefficient (Wildman–Crippen LogP) is 4.96. The van der Waals surface area contributed by atoms with Crippen LogP contribution < -0.4 is 4.90 Å². The first-order valence-electron chi connectivity index (χ1n) is 14.9. The van der Waals surface area contributed by atoms with Crippen molar-refractivity contribution in [1.82, 2.24) is 14.8 Å². The summed E-state index contributed by atoms with van der Waals surface area (Å²) < 4.78 is 5.14. The van der Waals surface area contributed by atoms with Crippen molar-refractivity contribution in [2.75, 3.05) is 51.3 Å². The van der Waals surface area contributed by atoms with Gasteiger partial charge in [0, 0.05) is 61.3 Å². The number of aromatic amines is 1. The maximum Gasteiger partial charge on any atom is 0.338 e. The molecule has 0 saturated carbocycles. The second-order valence-corrected chi connectivity index (χ2v) is 11.2. The molecule has 43 heavy (non-hydrogen) atoms. The Balaban J connectivity index is 1.31. The second-order valence-electron chi connectivity index (χ2n) is 11.2. The lowest BCUT2D eigenvalue weighted by atomic mass is 10.00. The van der Waals surface area contributed by atoms with Crippen LogP contribution in [-0.4, -0.2) is 89.9 Å². The van der Waals surface area contributed by atoms with Gasteiger partial charge in [-0.15, -0.1) is 0 Å². The normalized spacial score (nSPS) is 18.5. The summed E-state index contributed by atoms with van der Waals surface area (Å²) in [6.45, 7) is 7.08. The van der Waals surface area contributed by atoms with Crippen molar-refractivity contribution in [3.05, 3.63) is 89.5 Å². The summed E-state index contributed by atoms with van der Waals surface area (Å²) in [6, 6.07) is 22.8. The number of piperazine rings is 1. The van der Waals surface area contributed by atoms with Crippen LogP contribution in [0.15, 0.2) is 77.8 Å². The smallest absolute Gasteiger partial charge is 0.338 e. The number of nitrogens with one attached hydrogen (secondary N) is 1. The minimum atomic E-state index is -0.417. The van der Waals surface area contributed by atoms with E-state index in [2.05, 4.69) is 21.8 Å². The van der Waals surface area contributed by atoms with Crippen LogP contribution in [0, 0.1) is 0 Å². The lowest BCUT2D eigenvalue weighted by molar-refractivity contribution is -0.117. The molecule has 2 saturated heterocycles. The lowest BCUT2D eigenvalue weighted by Gasteiger charge is -2.36. The van der Waals surface area contributed by atoms with E-state index in [0.717, 1.165) is 55.8 Å². The van der Waals surface area contributed by atoms with Crippen LogP contribution >= 0.6 is 0 Å². The molecule has 1 amide bonds. The van der Waals surface area contributed by atoms with Gasteiger partial charge in [0.1, 0.15) is 0 Å². The molecule has 3 heterocycles. The van der Waals surface area contributed by atoms with E-state index in [1.54, 1.807) is 25.1 Å². The molecule has 6 rings (SSSR count). The van der Waals surface area contributed by atoms with Gasteiger partial charge in [-0.05, 0) is 56.8 Å². The Kier molecular flexibility index (Phi) is 8.26. The molecule has 2 aliphatic rings. The molecule has 222 valence electrons. The molecule has 1 unspecified atom stereocenters. The fourth-order valence-electron chi connectivity index (χ4n) is 6.04. The van der Waals surface area contributed by atoms with Crippen molar-refractivity contribution in [3.8, 4) is 5.88 Å². The molecular formula is C34H37N5O4. The number of aliphatic imine (C=N–C) groups is 1. The lowest BCUT2D eigenvalue weighted by Crippen LogP contribution is -2.49. The van der Waals surface area contributed by atoms with Gasteiger partial charge in [-0.2, -0.15) is 0 Å². The highest BCUT2D eigenvalue weighted by Crippen LogP contribution is 2.34. The van der Waals surface area contributed by atoms with E-state index >= 15 is 0 Å². The van der Waals surface area contributed by atoms with Crippen molar-refractivity contribution in [2.24, 2.45) is 4.99 Å². The van der Waals surface area contributed by atoms with Crippen LogP contribution in [-0.2, 0) is 9.53 Å². The molecule has 1 aromatic heterocycles. The first-order valence-corrected chi connectivity index (χ1v) is 14.9. The third-order valence-corrected chi connectivity index (χ3v) is 8.33. The van der Waals surface area contributed by atoms with Gasteiger partial charge in [0.05, 0.1) is 35.2 Å². The fraction of sp³-hybridized carbons (Fsp3) is 0.324. The summed E-state index contributed by atoms with van der Waals surface area (Å²) in [6.07, 6.45) is 1.43. The van der Waals surface area contributed by atoms with Gasteiger partial charge in [0.25, 0.3) is 0 Å². The summed E-state index contributed by atoms with van der Waals surface area (Å²) in [7, 11) is 2.15. The largest absolute Gasteiger partial charge is 0.494 e. The number of rotatable bonds is 8. The van der Waals surface area contributed by atoms with Gasteiger partial charge in [-0.3, -0.25) is 9.69 Å². The number of amides is 1. The third-order valence-electron chi connectivity index (χ3n) is 8.33. The van der Waals surface area contributed by atoms with Crippen molar-refractivity contribution >= 4 is 39.9 Å². The van der Waals surface area contributed by atoms with Crippen LogP contribution in [0.25, 0.3) is 10.9 Å². The Labute approximate surface area is 251 Å². The average molecular weight is 580 g/mol. The van der Waals surface area contributed by atoms with Crippen LogP contribution in [0.2, 0.25) is 0 Å². The number of aromatic nitrogens is 1. The molecule has 2 aliphatic heterocycles. The molecular weight excluding hydrogens is 542 g/mol. The summed E-state index contributed by atoms with van der Waals surface area (Å²) in [5, 5.41) is 11.8. The van der Waals surface area contributed by atoms with E-state index in [9.17, 15) is 14.7 Å². The second kappa shape index (κ2) is 12.4. The zero-order valence-electron chi connectivity index (χ0n) is 24.6. The molecule has 0 radical (unpaired) electrons. The number of carbonyl (C=O) groups is 2. The Morgan fingerprint density at radius 1 is 1.00 bits per heavy atom. The van der Waals surface area contributed by atoms with E-state index in [1.807, 2.05) is 59.5 Å². The number of esters is 1. The SMILES string of the molecule is CCOC(=O)c1ccc2c(C(=Nc3ccc(N4C(=O)CCC4CN4CCN(C)CC4)cc3)c3ccccc3)c(O)[nH]c2c1. The Morgan fingerprint density at radius 3 is 2.47 bits per heavy atom. The minimum Gasteiger partial charge on any atom is -0.494 e. The number of H-pyrrole nitrogens is 1. The molecule has 0 spiro atoms. The van der Waals surface area contributed by atoms with Gasteiger partial charge >= 0.3 is 5.97 Å². The number of aromatic hydroxyl groups is 1. The number of benzene rings is 3. The summed E-state index contributed by atoms with van der Waals surface area (Å²) in [4.78, 5) is 40.0. The van der Waals surface area contributed by atoms with E-state index < -0.39 is 5.97 Å². The van der Waals surface area contributed by atoms with E-state index in [4.69, 9.17) is 9.73 Å². The number of carbonyl (C=O) groups excluding carboxylic acids is 2. The topological polar surface area (TPSA) is 101 Å². The van der Waals surface area contributed by atoms with E-state index in [-0.39, 0.29) is 24.4 Å². The highest BCUT2D eigenvalue weighted by molar-refractivity contribution is 6.22. The van der Waals surface area contributed by atoms with Crippen LogP contribution in [0.3, 0.4) is 0 Å². The standard InChI is InChI=1S/C34H37N5O4/c1-3-43-34(42)24-9-15-28-29(21-24)36-33(41)31(28)32(23-7-5-4-6-8-23)35-25-10-12-26(13-11-25)39-27(14-16-30(39)40)22-38-19-17-37(2)18-20-38/h4-13,15,21,27,36,41H,3,14,16-20,22H2,1-2H3. The molecule has 4 aromatic rings. The zero-order valence-corrected chi connectivity index (χ0v) is 24.6. The predicted molar refractivity (Wildman–Crippen MR) is 169 cm³/mol. The number of hydrogen-bond acceptors (Lipinski definition) is 7. The van der Waals surface area contributed by atoms with E-state index in [1.165, 1.54) is 0 Å². The zero-order chi connectivity index (χ0) is 29.9. The molecule has 3 aromatic carbocycles. The first-order chi connectivity index (χ1) is 20.9. The molecule has 0 aliphatic carbocycles. The average Bonchev–Trinajstić information content (AvgIpc) is 3.55. The number of nitrogens with zero attached hydrogens (tertiary/aromatic N) is 4. The Bertz CT molecular complexity index is 1640. The molecule has 1 atom stereocenters. The first kappa shape index (κ1) is 28.6. The van der Waals surface area contributed by atoms with Gasteiger partial charge in [-0.25, -0.2) is 9.79 Å². The summed E-state index contributed by atoms with van der Waals surface area (Å²) in [5.41, 5.74) is 4.55. The Morgan fingerprint density at radius 2 is 1.74 bits per heavy atom. The molecule has 0 bridgehead atoms. The maximum absolute atomic E-state index is 13.0. The third kappa shape index (κ3) is 6.04. The van der Waals surface area contributed by atoms with Gasteiger partial charge in [-0.1, -0.05) is 36.4 Å². The van der Waals surface area contributed by atoms with Crippen molar-refractivity contribution in [2.45, 2.75) is 25.8 Å². The monoisotopic (exact) mass is 579 g/mol. The van der Waals surface area contributed by atoms with Crippen molar-refractivity contribution < 1.29 is 19.4 Å².